The van der Waals surface area contributed by atoms with E-state index in [-0.39, 0.29) is 5.91 Å². The molecule has 0 atom stereocenters. The van der Waals surface area contributed by atoms with E-state index in [1.165, 1.54) is 12.0 Å². The van der Waals surface area contributed by atoms with Crippen molar-refractivity contribution in [2.24, 2.45) is 0 Å². The molecule has 4 nitrogen and oxygen atoms in total. The Balaban J connectivity index is 1.75. The van der Waals surface area contributed by atoms with E-state index >= 15 is 0 Å². The fourth-order valence-corrected chi connectivity index (χ4v) is 1.71. The fourth-order valence-electron chi connectivity index (χ4n) is 1.71. The third-order valence-corrected chi connectivity index (χ3v) is 2.66. The van der Waals surface area contributed by atoms with Crippen LogP contribution in [-0.2, 0) is 17.8 Å². The van der Waals surface area contributed by atoms with Gasteiger partial charge in [0.2, 0.25) is 5.91 Å². The van der Waals surface area contributed by atoms with Crippen LogP contribution < -0.4 is 5.32 Å². The van der Waals surface area contributed by atoms with Crippen LogP contribution in [0.4, 0.5) is 0 Å². The number of aryl methyl sites for hydroxylation is 2. The number of hydrogen-bond donors (Lipinski definition) is 1. The molecule has 2 rings (SSSR count). The topological polar surface area (TPSA) is 55.1 Å². The summed E-state index contributed by atoms with van der Waals surface area (Å²) in [6.07, 6.45) is 3.97. The summed E-state index contributed by atoms with van der Waals surface area (Å²) in [5.41, 5.74) is 3.12. The zero-order chi connectivity index (χ0) is 12.8. The maximum Gasteiger partial charge on any atom is 0.220 e. The molecule has 0 saturated heterocycles. The maximum atomic E-state index is 11.6. The van der Waals surface area contributed by atoms with Gasteiger partial charge in [-0.1, -0.05) is 29.8 Å². The summed E-state index contributed by atoms with van der Waals surface area (Å²) in [4.78, 5) is 15.6. The Morgan fingerprint density at radius 2 is 2.33 bits per heavy atom. The molecule has 0 aliphatic heterocycles. The third kappa shape index (κ3) is 3.73. The molecular weight excluding hydrogens is 228 g/mol. The van der Waals surface area contributed by atoms with Crippen LogP contribution in [0, 0.1) is 6.92 Å². The van der Waals surface area contributed by atoms with Gasteiger partial charge < -0.3 is 9.73 Å². The van der Waals surface area contributed by atoms with Crippen LogP contribution in [0.3, 0.4) is 0 Å². The smallest absolute Gasteiger partial charge is 0.220 e. The molecule has 0 bridgehead atoms. The van der Waals surface area contributed by atoms with Crippen molar-refractivity contribution >= 4 is 5.91 Å². The Hall–Kier alpha value is -2.10. The first-order valence-corrected chi connectivity index (χ1v) is 5.93. The van der Waals surface area contributed by atoms with E-state index < -0.39 is 0 Å². The maximum absolute atomic E-state index is 11.6. The second-order valence-electron chi connectivity index (χ2n) is 4.25. The number of rotatable bonds is 5. The number of nitrogens with one attached hydrogen (secondary N) is 1. The standard InChI is InChI=1S/C14H16N2O2/c1-11-3-2-4-12(7-11)8-15-14(17)6-5-13-9-18-10-16-13/h2-4,7,9-10H,5-6,8H2,1H3,(H,15,17). The first-order valence-electron chi connectivity index (χ1n) is 5.93. The zero-order valence-electron chi connectivity index (χ0n) is 10.3. The molecule has 0 radical (unpaired) electrons. The van der Waals surface area contributed by atoms with Gasteiger partial charge in [-0.25, -0.2) is 4.98 Å². The highest BCUT2D eigenvalue weighted by molar-refractivity contribution is 5.76. The van der Waals surface area contributed by atoms with Crippen LogP contribution in [0.2, 0.25) is 0 Å². The highest BCUT2D eigenvalue weighted by atomic mass is 16.3. The Bertz CT molecular complexity index is 506. The van der Waals surface area contributed by atoms with Crippen LogP contribution in [-0.4, -0.2) is 10.9 Å². The normalized spacial score (nSPS) is 10.3. The van der Waals surface area contributed by atoms with Gasteiger partial charge in [-0.05, 0) is 12.5 Å². The molecule has 0 spiro atoms. The van der Waals surface area contributed by atoms with Crippen molar-refractivity contribution in [3.63, 3.8) is 0 Å². The minimum Gasteiger partial charge on any atom is -0.451 e. The molecule has 0 aliphatic rings. The second kappa shape index (κ2) is 6.00. The molecule has 0 fully saturated rings. The molecule has 94 valence electrons. The van der Waals surface area contributed by atoms with Crippen molar-refractivity contribution in [1.82, 2.24) is 10.3 Å². The van der Waals surface area contributed by atoms with Gasteiger partial charge in [0.1, 0.15) is 6.26 Å². The lowest BCUT2D eigenvalue weighted by atomic mass is 10.1. The summed E-state index contributed by atoms with van der Waals surface area (Å²) in [5.74, 6) is 0.0273. The van der Waals surface area contributed by atoms with E-state index in [0.29, 0.717) is 19.4 Å². The van der Waals surface area contributed by atoms with Crippen LogP contribution >= 0.6 is 0 Å². The molecule has 0 aliphatic carbocycles. The van der Waals surface area contributed by atoms with Crippen molar-refractivity contribution in [3.8, 4) is 0 Å². The highest BCUT2D eigenvalue weighted by Gasteiger charge is 2.04. The Morgan fingerprint density at radius 1 is 1.44 bits per heavy atom. The van der Waals surface area contributed by atoms with Gasteiger partial charge >= 0.3 is 0 Å². The summed E-state index contributed by atoms with van der Waals surface area (Å²) < 4.78 is 4.85. The summed E-state index contributed by atoms with van der Waals surface area (Å²) in [6, 6.07) is 8.10. The minimum atomic E-state index is 0.0273. The summed E-state index contributed by atoms with van der Waals surface area (Å²) in [6.45, 7) is 2.61. The number of oxazole rings is 1. The largest absolute Gasteiger partial charge is 0.451 e. The van der Waals surface area contributed by atoms with Crippen LogP contribution in [0.5, 0.6) is 0 Å². The zero-order valence-corrected chi connectivity index (χ0v) is 10.3. The molecule has 0 unspecified atom stereocenters. The number of nitrogens with zero attached hydrogens (tertiary/aromatic N) is 1. The summed E-state index contributed by atoms with van der Waals surface area (Å²) >= 11 is 0. The fraction of sp³-hybridized carbons (Fsp3) is 0.286. The Morgan fingerprint density at radius 3 is 3.06 bits per heavy atom. The quantitative estimate of drug-likeness (QED) is 0.877. The van der Waals surface area contributed by atoms with E-state index in [1.807, 2.05) is 25.1 Å². The van der Waals surface area contributed by atoms with Crippen molar-refractivity contribution in [2.75, 3.05) is 0 Å². The molecule has 2 aromatic rings. The van der Waals surface area contributed by atoms with Crippen molar-refractivity contribution in [2.45, 2.75) is 26.3 Å². The summed E-state index contributed by atoms with van der Waals surface area (Å²) in [5, 5.41) is 2.89. The number of carbonyl (C=O) groups excluding carboxylic acids is 1. The van der Waals surface area contributed by atoms with Crippen molar-refractivity contribution in [3.05, 3.63) is 53.7 Å². The highest BCUT2D eigenvalue weighted by Crippen LogP contribution is 2.04. The van der Waals surface area contributed by atoms with Gasteiger partial charge in [-0.15, -0.1) is 0 Å². The molecule has 1 N–H and O–H groups in total. The molecular formula is C14H16N2O2. The van der Waals surface area contributed by atoms with Crippen LogP contribution in [0.1, 0.15) is 23.2 Å². The predicted octanol–water partition coefficient (Wildman–Crippen LogP) is 2.23. The number of aromatic nitrogens is 1. The van der Waals surface area contributed by atoms with Gasteiger partial charge in [0.25, 0.3) is 0 Å². The van der Waals surface area contributed by atoms with Gasteiger partial charge in [0, 0.05) is 19.4 Å². The van der Waals surface area contributed by atoms with Gasteiger partial charge in [0.05, 0.1) is 5.69 Å². The second-order valence-corrected chi connectivity index (χ2v) is 4.25. The van der Waals surface area contributed by atoms with Gasteiger partial charge in [-0.2, -0.15) is 0 Å². The molecule has 1 aromatic carbocycles. The van der Waals surface area contributed by atoms with Crippen LogP contribution in [0.25, 0.3) is 0 Å². The van der Waals surface area contributed by atoms with E-state index in [9.17, 15) is 4.79 Å². The molecule has 1 heterocycles. The first kappa shape index (κ1) is 12.4. The van der Waals surface area contributed by atoms with Crippen molar-refractivity contribution in [1.29, 1.82) is 0 Å². The summed E-state index contributed by atoms with van der Waals surface area (Å²) in [7, 11) is 0. The lowest BCUT2D eigenvalue weighted by Crippen LogP contribution is -2.23. The Labute approximate surface area is 106 Å². The van der Waals surface area contributed by atoms with E-state index in [2.05, 4.69) is 16.4 Å². The molecule has 0 saturated carbocycles. The average Bonchev–Trinajstić information content (AvgIpc) is 2.87. The van der Waals surface area contributed by atoms with E-state index in [0.717, 1.165) is 11.3 Å². The minimum absolute atomic E-state index is 0.0273. The Kier molecular flexibility index (Phi) is 4.12. The number of carbonyl (C=O) groups is 1. The molecule has 18 heavy (non-hydrogen) atoms. The molecule has 1 aromatic heterocycles. The lowest BCUT2D eigenvalue weighted by Gasteiger charge is -2.05. The van der Waals surface area contributed by atoms with E-state index in [1.54, 1.807) is 6.26 Å². The molecule has 4 heteroatoms. The SMILES string of the molecule is Cc1cccc(CNC(=O)CCc2cocn2)c1. The predicted molar refractivity (Wildman–Crippen MR) is 67.8 cm³/mol. The van der Waals surface area contributed by atoms with Crippen LogP contribution in [0.15, 0.2) is 41.3 Å². The number of benzene rings is 1. The van der Waals surface area contributed by atoms with Crippen molar-refractivity contribution < 1.29 is 9.21 Å². The molecule has 1 amide bonds. The number of hydrogen-bond acceptors (Lipinski definition) is 3. The van der Waals surface area contributed by atoms with Gasteiger partial charge in [-0.3, -0.25) is 4.79 Å². The monoisotopic (exact) mass is 244 g/mol. The lowest BCUT2D eigenvalue weighted by molar-refractivity contribution is -0.121. The van der Waals surface area contributed by atoms with E-state index in [4.69, 9.17) is 4.42 Å². The number of amides is 1. The first-order chi connectivity index (χ1) is 8.74. The van der Waals surface area contributed by atoms with Gasteiger partial charge in [0.15, 0.2) is 6.39 Å². The third-order valence-electron chi connectivity index (χ3n) is 2.66. The average molecular weight is 244 g/mol.